The first-order valence-electron chi connectivity index (χ1n) is 5.12. The largest absolute Gasteiger partial charge is 0.394 e. The van der Waals surface area contributed by atoms with Crippen molar-refractivity contribution in [2.45, 2.75) is 18.6 Å². The molecule has 4 nitrogen and oxygen atoms in total. The van der Waals surface area contributed by atoms with Gasteiger partial charge in [-0.05, 0) is 12.1 Å². The Morgan fingerprint density at radius 3 is 3.00 bits per heavy atom. The van der Waals surface area contributed by atoms with Crippen LogP contribution in [0.2, 0.25) is 0 Å². The highest BCUT2D eigenvalue weighted by atomic mass is 19.1. The van der Waals surface area contributed by atoms with Crippen molar-refractivity contribution in [3.05, 3.63) is 23.9 Å². The second-order valence-electron chi connectivity index (χ2n) is 3.84. The number of nitrogens with zero attached hydrogens (tertiary/aromatic N) is 3. The summed E-state index contributed by atoms with van der Waals surface area (Å²) in [7, 11) is 0. The average Bonchev–Trinajstić information content (AvgIpc) is 2.70. The van der Waals surface area contributed by atoms with Gasteiger partial charge in [0.2, 0.25) is 0 Å². The predicted octanol–water partition coefficient (Wildman–Crippen LogP) is 0.862. The minimum Gasteiger partial charge on any atom is -0.394 e. The molecule has 0 bridgehead atoms. The molecule has 0 aliphatic carbocycles. The molecule has 1 aliphatic heterocycles. The van der Waals surface area contributed by atoms with Crippen LogP contribution in [0, 0.1) is 11.3 Å². The summed E-state index contributed by atoms with van der Waals surface area (Å²) < 4.78 is 13.2. The molecule has 0 unspecified atom stereocenters. The summed E-state index contributed by atoms with van der Waals surface area (Å²) in [4.78, 5) is 5.83. The maximum atomic E-state index is 13.2. The van der Waals surface area contributed by atoms with E-state index in [9.17, 15) is 4.39 Å². The standard InChI is InChI=1S/C11H12FN3O/c12-9-3-10(7-16)15(6-9)11-2-1-8(4-13)5-14-11/h1-2,5,9-10,16H,3,6-7H2/t9-,10-/m0/s1. The van der Waals surface area contributed by atoms with Crippen molar-refractivity contribution in [2.24, 2.45) is 0 Å². The van der Waals surface area contributed by atoms with Crippen LogP contribution in [0.4, 0.5) is 10.2 Å². The van der Waals surface area contributed by atoms with Gasteiger partial charge in [-0.2, -0.15) is 5.26 Å². The maximum absolute atomic E-state index is 13.2. The number of hydrogen-bond acceptors (Lipinski definition) is 4. The van der Waals surface area contributed by atoms with Crippen molar-refractivity contribution in [3.63, 3.8) is 0 Å². The van der Waals surface area contributed by atoms with Crippen molar-refractivity contribution in [2.75, 3.05) is 18.1 Å². The molecule has 0 radical (unpaired) electrons. The number of alkyl halides is 1. The van der Waals surface area contributed by atoms with Gasteiger partial charge in [0.05, 0.1) is 24.8 Å². The van der Waals surface area contributed by atoms with Crippen LogP contribution in [-0.2, 0) is 0 Å². The Labute approximate surface area is 92.9 Å². The molecule has 1 fully saturated rings. The fraction of sp³-hybridized carbons (Fsp3) is 0.455. The molecule has 0 aromatic carbocycles. The first kappa shape index (κ1) is 10.8. The van der Waals surface area contributed by atoms with Gasteiger partial charge >= 0.3 is 0 Å². The number of aromatic nitrogens is 1. The summed E-state index contributed by atoms with van der Waals surface area (Å²) in [5.74, 6) is 0.609. The van der Waals surface area contributed by atoms with E-state index in [-0.39, 0.29) is 19.2 Å². The molecule has 5 heteroatoms. The van der Waals surface area contributed by atoms with Gasteiger partial charge in [-0.25, -0.2) is 9.37 Å². The maximum Gasteiger partial charge on any atom is 0.128 e. The van der Waals surface area contributed by atoms with E-state index in [1.807, 2.05) is 6.07 Å². The third-order valence-electron chi connectivity index (χ3n) is 2.75. The molecule has 0 amide bonds. The first-order valence-corrected chi connectivity index (χ1v) is 5.12. The number of hydrogen-bond donors (Lipinski definition) is 1. The van der Waals surface area contributed by atoms with E-state index < -0.39 is 6.17 Å². The summed E-state index contributed by atoms with van der Waals surface area (Å²) in [5.41, 5.74) is 0.472. The van der Waals surface area contributed by atoms with E-state index in [2.05, 4.69) is 4.98 Å². The molecule has 2 rings (SSSR count). The zero-order valence-corrected chi connectivity index (χ0v) is 8.67. The first-order chi connectivity index (χ1) is 7.74. The Balaban J connectivity index is 2.20. The predicted molar refractivity (Wildman–Crippen MR) is 56.7 cm³/mol. The zero-order chi connectivity index (χ0) is 11.5. The summed E-state index contributed by atoms with van der Waals surface area (Å²) in [6.07, 6.45) is 0.864. The molecule has 2 atom stereocenters. The number of aliphatic hydroxyl groups is 1. The Morgan fingerprint density at radius 2 is 2.44 bits per heavy atom. The molecule has 1 saturated heterocycles. The lowest BCUT2D eigenvalue weighted by Gasteiger charge is -2.23. The van der Waals surface area contributed by atoms with E-state index in [1.165, 1.54) is 6.20 Å². The van der Waals surface area contributed by atoms with E-state index in [0.29, 0.717) is 17.8 Å². The summed E-state index contributed by atoms with van der Waals surface area (Å²) in [6, 6.07) is 5.08. The monoisotopic (exact) mass is 221 g/mol. The number of halogens is 1. The summed E-state index contributed by atoms with van der Waals surface area (Å²) >= 11 is 0. The molecular formula is C11H12FN3O. The van der Waals surface area contributed by atoms with Crippen molar-refractivity contribution < 1.29 is 9.50 Å². The van der Waals surface area contributed by atoms with Gasteiger partial charge in [0.25, 0.3) is 0 Å². The fourth-order valence-corrected chi connectivity index (χ4v) is 1.94. The fourth-order valence-electron chi connectivity index (χ4n) is 1.94. The number of nitriles is 1. The summed E-state index contributed by atoms with van der Waals surface area (Å²) in [6.45, 7) is 0.173. The molecule has 84 valence electrons. The van der Waals surface area contributed by atoms with Crippen molar-refractivity contribution in [1.82, 2.24) is 4.98 Å². The summed E-state index contributed by atoms with van der Waals surface area (Å²) in [5, 5.41) is 17.8. The third kappa shape index (κ3) is 1.97. The van der Waals surface area contributed by atoms with Crippen LogP contribution >= 0.6 is 0 Å². The van der Waals surface area contributed by atoms with Crippen molar-refractivity contribution >= 4 is 5.82 Å². The Kier molecular flexibility index (Phi) is 3.02. The number of aliphatic hydroxyl groups excluding tert-OH is 1. The molecule has 16 heavy (non-hydrogen) atoms. The minimum absolute atomic E-state index is 0.0812. The van der Waals surface area contributed by atoms with E-state index in [0.717, 1.165) is 0 Å². The van der Waals surface area contributed by atoms with Gasteiger partial charge in [0.1, 0.15) is 18.1 Å². The van der Waals surface area contributed by atoms with Crippen LogP contribution < -0.4 is 4.90 Å². The number of pyridine rings is 1. The third-order valence-corrected chi connectivity index (χ3v) is 2.75. The molecule has 1 aromatic rings. The van der Waals surface area contributed by atoms with Crippen LogP contribution in [0.3, 0.4) is 0 Å². The van der Waals surface area contributed by atoms with Crippen LogP contribution in [0.15, 0.2) is 18.3 Å². The number of rotatable bonds is 2. The molecular weight excluding hydrogens is 209 g/mol. The molecule has 1 aromatic heterocycles. The van der Waals surface area contributed by atoms with Gasteiger partial charge in [-0.15, -0.1) is 0 Å². The van der Waals surface area contributed by atoms with E-state index in [1.54, 1.807) is 17.0 Å². The Hall–Kier alpha value is -1.67. The van der Waals surface area contributed by atoms with Crippen LogP contribution in [0.5, 0.6) is 0 Å². The lowest BCUT2D eigenvalue weighted by molar-refractivity contribution is 0.255. The van der Waals surface area contributed by atoms with E-state index in [4.69, 9.17) is 10.4 Å². The second-order valence-corrected chi connectivity index (χ2v) is 3.84. The van der Waals surface area contributed by atoms with Gasteiger partial charge in [-0.1, -0.05) is 0 Å². The van der Waals surface area contributed by atoms with Gasteiger partial charge in [0.15, 0.2) is 0 Å². The van der Waals surface area contributed by atoms with Crippen LogP contribution in [0.25, 0.3) is 0 Å². The molecule has 1 aliphatic rings. The zero-order valence-electron chi connectivity index (χ0n) is 8.67. The van der Waals surface area contributed by atoms with Gasteiger partial charge in [0, 0.05) is 12.6 Å². The smallest absolute Gasteiger partial charge is 0.128 e. The molecule has 0 spiro atoms. The van der Waals surface area contributed by atoms with Crippen molar-refractivity contribution in [1.29, 1.82) is 5.26 Å². The van der Waals surface area contributed by atoms with E-state index >= 15 is 0 Å². The quantitative estimate of drug-likeness (QED) is 0.804. The minimum atomic E-state index is -0.922. The normalized spacial score (nSPS) is 24.4. The molecule has 0 saturated carbocycles. The molecule has 1 N–H and O–H groups in total. The Bertz CT molecular complexity index is 401. The lowest BCUT2D eigenvalue weighted by Crippen LogP contribution is -2.32. The second kappa shape index (κ2) is 4.45. The highest BCUT2D eigenvalue weighted by Gasteiger charge is 2.32. The van der Waals surface area contributed by atoms with Crippen molar-refractivity contribution in [3.8, 4) is 6.07 Å². The van der Waals surface area contributed by atoms with Crippen LogP contribution in [0.1, 0.15) is 12.0 Å². The van der Waals surface area contributed by atoms with Gasteiger partial charge in [-0.3, -0.25) is 0 Å². The highest BCUT2D eigenvalue weighted by molar-refractivity contribution is 5.44. The average molecular weight is 221 g/mol. The van der Waals surface area contributed by atoms with Gasteiger partial charge < -0.3 is 10.0 Å². The topological polar surface area (TPSA) is 60.2 Å². The van der Waals surface area contributed by atoms with Crippen LogP contribution in [-0.4, -0.2) is 35.5 Å². The SMILES string of the molecule is N#Cc1ccc(N2C[C@@H](F)C[C@H]2CO)nc1. The number of anilines is 1. The highest BCUT2D eigenvalue weighted by Crippen LogP contribution is 2.25. The lowest BCUT2D eigenvalue weighted by atomic mass is 10.2. The molecule has 2 heterocycles. The Morgan fingerprint density at radius 1 is 1.62 bits per heavy atom.